The molecule has 0 saturated heterocycles. The minimum Gasteiger partial charge on any atom is -0.352 e. The summed E-state index contributed by atoms with van der Waals surface area (Å²) in [5.41, 5.74) is 2.04. The number of carbonyl (C=O) groups is 2. The number of allylic oxidation sites excluding steroid dienone is 2. The van der Waals surface area contributed by atoms with Gasteiger partial charge in [0, 0.05) is 18.2 Å². The third kappa shape index (κ3) is 2.41. The number of ketones is 2. The number of benzene rings is 1. The monoisotopic (exact) mass is 293 g/mol. The van der Waals surface area contributed by atoms with Crippen molar-refractivity contribution >= 4 is 17.3 Å². The Labute approximate surface area is 128 Å². The Morgan fingerprint density at radius 3 is 2.50 bits per heavy atom. The largest absolute Gasteiger partial charge is 0.352 e. The predicted molar refractivity (Wildman–Crippen MR) is 83.0 cm³/mol. The molecule has 1 aliphatic rings. The predicted octanol–water partition coefficient (Wildman–Crippen LogP) is 2.72. The number of carbonyl (C=O) groups excluding carboxylic acids is 2. The fraction of sp³-hybridized carbons (Fsp3) is 0.176. The van der Waals surface area contributed by atoms with Crippen LogP contribution in [0.15, 0.2) is 42.1 Å². The Bertz CT molecular complexity index is 795. The van der Waals surface area contributed by atoms with E-state index in [1.165, 1.54) is 6.08 Å². The number of para-hydroxylation sites is 1. The first-order valence-corrected chi connectivity index (χ1v) is 7.10. The maximum atomic E-state index is 12.6. The van der Waals surface area contributed by atoms with Crippen LogP contribution in [0.25, 0.3) is 0 Å². The van der Waals surface area contributed by atoms with E-state index in [1.54, 1.807) is 6.92 Å². The number of hydrogen-bond acceptors (Lipinski definition) is 5. The van der Waals surface area contributed by atoms with E-state index >= 15 is 0 Å². The van der Waals surface area contributed by atoms with Crippen molar-refractivity contribution in [3.63, 3.8) is 0 Å². The molecule has 0 bridgehead atoms. The lowest BCUT2D eigenvalue weighted by molar-refractivity contribution is 0.0980. The van der Waals surface area contributed by atoms with Gasteiger partial charge in [0.2, 0.25) is 11.6 Å². The molecule has 1 aromatic carbocycles. The maximum Gasteiger partial charge on any atom is 0.213 e. The summed E-state index contributed by atoms with van der Waals surface area (Å²) in [5.74, 6) is 0.0529. The molecule has 1 heterocycles. The molecule has 0 amide bonds. The van der Waals surface area contributed by atoms with Crippen LogP contribution >= 0.6 is 0 Å². The van der Waals surface area contributed by atoms with Gasteiger partial charge in [0.1, 0.15) is 11.5 Å². The van der Waals surface area contributed by atoms with Crippen LogP contribution in [0.5, 0.6) is 0 Å². The van der Waals surface area contributed by atoms with Crippen molar-refractivity contribution in [2.75, 3.05) is 5.32 Å². The van der Waals surface area contributed by atoms with Gasteiger partial charge in [-0.05, 0) is 19.1 Å². The number of aromatic nitrogens is 2. The average molecular weight is 293 g/mol. The molecule has 5 heteroatoms. The molecule has 0 spiro atoms. The SMILES string of the molecule is CCc1nc(C)c2c(n1)C(=O)C=C(Nc1ccccc1)C2=O. The summed E-state index contributed by atoms with van der Waals surface area (Å²) >= 11 is 0. The molecular formula is C17H15N3O2. The second-order valence-corrected chi connectivity index (χ2v) is 5.04. The molecule has 0 unspecified atom stereocenters. The van der Waals surface area contributed by atoms with Gasteiger partial charge >= 0.3 is 0 Å². The minimum atomic E-state index is -0.270. The van der Waals surface area contributed by atoms with Crippen LogP contribution in [0, 0.1) is 6.92 Å². The van der Waals surface area contributed by atoms with Crippen LogP contribution in [-0.4, -0.2) is 21.5 Å². The molecule has 2 aromatic rings. The van der Waals surface area contributed by atoms with Crippen molar-refractivity contribution in [2.45, 2.75) is 20.3 Å². The first kappa shape index (κ1) is 14.1. The zero-order chi connectivity index (χ0) is 15.7. The van der Waals surface area contributed by atoms with Crippen LogP contribution in [0.1, 0.15) is 39.3 Å². The number of hydrogen-bond donors (Lipinski definition) is 1. The lowest BCUT2D eigenvalue weighted by atomic mass is 9.95. The van der Waals surface area contributed by atoms with Crippen LogP contribution < -0.4 is 5.32 Å². The van der Waals surface area contributed by atoms with Crippen molar-refractivity contribution in [3.8, 4) is 0 Å². The topological polar surface area (TPSA) is 72.0 Å². The van der Waals surface area contributed by atoms with Gasteiger partial charge in [-0.1, -0.05) is 25.1 Å². The number of aryl methyl sites for hydroxylation is 2. The molecule has 22 heavy (non-hydrogen) atoms. The van der Waals surface area contributed by atoms with Gasteiger partial charge in [-0.25, -0.2) is 9.97 Å². The van der Waals surface area contributed by atoms with Gasteiger partial charge in [0.25, 0.3) is 0 Å². The Kier molecular flexibility index (Phi) is 3.55. The van der Waals surface area contributed by atoms with Crippen LogP contribution in [0.4, 0.5) is 5.69 Å². The van der Waals surface area contributed by atoms with E-state index in [4.69, 9.17) is 0 Å². The number of nitrogens with zero attached hydrogens (tertiary/aromatic N) is 2. The standard InChI is InChI=1S/C17H15N3O2/c1-3-14-18-10(2)15-16(20-14)13(21)9-12(17(15)22)19-11-7-5-4-6-8-11/h4-9,19H,3H2,1-2H3. The van der Waals surface area contributed by atoms with Crippen molar-refractivity contribution in [1.82, 2.24) is 9.97 Å². The number of rotatable bonds is 3. The molecule has 5 nitrogen and oxygen atoms in total. The fourth-order valence-electron chi connectivity index (χ4n) is 2.41. The van der Waals surface area contributed by atoms with Gasteiger partial charge in [0.05, 0.1) is 17.0 Å². The molecule has 0 aliphatic heterocycles. The molecule has 0 radical (unpaired) electrons. The minimum absolute atomic E-state index is 0.202. The van der Waals surface area contributed by atoms with Crippen molar-refractivity contribution in [2.24, 2.45) is 0 Å². The van der Waals surface area contributed by atoms with E-state index in [9.17, 15) is 9.59 Å². The molecule has 0 fully saturated rings. The third-order valence-corrected chi connectivity index (χ3v) is 3.49. The number of nitrogens with one attached hydrogen (secondary N) is 1. The molecule has 0 saturated carbocycles. The van der Waals surface area contributed by atoms with E-state index < -0.39 is 0 Å². The molecule has 1 aromatic heterocycles. The van der Waals surface area contributed by atoms with Gasteiger partial charge in [-0.3, -0.25) is 9.59 Å². The van der Waals surface area contributed by atoms with E-state index in [0.29, 0.717) is 23.5 Å². The highest BCUT2D eigenvalue weighted by atomic mass is 16.1. The third-order valence-electron chi connectivity index (χ3n) is 3.49. The Morgan fingerprint density at radius 2 is 1.82 bits per heavy atom. The normalized spacial score (nSPS) is 13.6. The van der Waals surface area contributed by atoms with E-state index in [0.717, 1.165) is 5.69 Å². The number of Topliss-reactive ketones (excluding diaryl/α,β-unsaturated/α-hetero) is 1. The van der Waals surface area contributed by atoms with Crippen LogP contribution in [-0.2, 0) is 6.42 Å². The highest BCUT2D eigenvalue weighted by molar-refractivity contribution is 6.25. The summed E-state index contributed by atoms with van der Waals surface area (Å²) in [4.78, 5) is 33.4. The van der Waals surface area contributed by atoms with Crippen LogP contribution in [0.3, 0.4) is 0 Å². The molecular weight excluding hydrogens is 278 g/mol. The van der Waals surface area contributed by atoms with Crippen molar-refractivity contribution in [1.29, 1.82) is 0 Å². The van der Waals surface area contributed by atoms with Gasteiger partial charge in [-0.2, -0.15) is 0 Å². The summed E-state index contributed by atoms with van der Waals surface area (Å²) < 4.78 is 0. The second kappa shape index (κ2) is 5.52. The van der Waals surface area contributed by atoms with E-state index in [1.807, 2.05) is 37.3 Å². The summed E-state index contributed by atoms with van der Waals surface area (Å²) in [7, 11) is 0. The molecule has 3 rings (SSSR count). The maximum absolute atomic E-state index is 12.6. The summed E-state index contributed by atoms with van der Waals surface area (Å²) in [5, 5.41) is 2.99. The second-order valence-electron chi connectivity index (χ2n) is 5.04. The Morgan fingerprint density at radius 1 is 1.09 bits per heavy atom. The average Bonchev–Trinajstić information content (AvgIpc) is 2.52. The molecule has 1 aliphatic carbocycles. The Hall–Kier alpha value is -2.82. The quantitative estimate of drug-likeness (QED) is 0.942. The molecule has 1 N–H and O–H groups in total. The van der Waals surface area contributed by atoms with E-state index in [2.05, 4.69) is 15.3 Å². The highest BCUT2D eigenvalue weighted by Gasteiger charge is 2.30. The van der Waals surface area contributed by atoms with Gasteiger partial charge < -0.3 is 5.32 Å². The fourth-order valence-corrected chi connectivity index (χ4v) is 2.41. The van der Waals surface area contributed by atoms with Crippen molar-refractivity contribution < 1.29 is 9.59 Å². The number of fused-ring (bicyclic) bond motifs is 1. The Balaban J connectivity index is 2.02. The van der Waals surface area contributed by atoms with Gasteiger partial charge in [-0.15, -0.1) is 0 Å². The molecule has 110 valence electrons. The summed E-state index contributed by atoms with van der Waals surface area (Å²) in [6.07, 6.45) is 1.93. The molecule has 0 atom stereocenters. The smallest absolute Gasteiger partial charge is 0.213 e. The lowest BCUT2D eigenvalue weighted by Crippen LogP contribution is -2.25. The van der Waals surface area contributed by atoms with E-state index in [-0.39, 0.29) is 23.0 Å². The zero-order valence-electron chi connectivity index (χ0n) is 12.4. The summed E-state index contributed by atoms with van der Waals surface area (Å²) in [6, 6.07) is 9.25. The van der Waals surface area contributed by atoms with Crippen LogP contribution in [0.2, 0.25) is 0 Å². The first-order chi connectivity index (χ1) is 10.6. The lowest BCUT2D eigenvalue weighted by Gasteiger charge is -2.18. The highest BCUT2D eigenvalue weighted by Crippen LogP contribution is 2.23. The van der Waals surface area contributed by atoms with Crippen molar-refractivity contribution in [3.05, 3.63) is 64.9 Å². The summed E-state index contributed by atoms with van der Waals surface area (Å²) in [6.45, 7) is 3.64. The van der Waals surface area contributed by atoms with Gasteiger partial charge in [0.15, 0.2) is 0 Å². The zero-order valence-corrected chi connectivity index (χ0v) is 12.4. The number of anilines is 1. The first-order valence-electron chi connectivity index (χ1n) is 7.10.